The average molecular weight is 493 g/mol. The van der Waals surface area contributed by atoms with Crippen LogP contribution < -0.4 is 15.6 Å². The molecule has 0 fully saturated rings. The second kappa shape index (κ2) is 8.87. The van der Waals surface area contributed by atoms with Crippen molar-refractivity contribution in [3.63, 3.8) is 0 Å². The highest BCUT2D eigenvalue weighted by Crippen LogP contribution is 2.27. The van der Waals surface area contributed by atoms with E-state index in [4.69, 9.17) is 9.72 Å². The number of aromatic nitrogens is 5. The van der Waals surface area contributed by atoms with Crippen molar-refractivity contribution >= 4 is 33.6 Å². The van der Waals surface area contributed by atoms with Gasteiger partial charge in [-0.2, -0.15) is 10.1 Å². The van der Waals surface area contributed by atoms with Crippen LogP contribution >= 0.6 is 0 Å². The van der Waals surface area contributed by atoms with E-state index in [9.17, 15) is 9.18 Å². The van der Waals surface area contributed by atoms with Gasteiger partial charge in [0.15, 0.2) is 5.65 Å². The van der Waals surface area contributed by atoms with E-state index in [1.54, 1.807) is 43.1 Å². The number of nitrogens with zero attached hydrogens (tertiary/aromatic N) is 4. The Bertz CT molecular complexity index is 1840. The summed E-state index contributed by atoms with van der Waals surface area (Å²) >= 11 is 0. The molecule has 0 saturated heterocycles. The topological polar surface area (TPSA) is 97.7 Å². The number of nitrogens with one attached hydrogen (secondary N) is 2. The maximum atomic E-state index is 13.9. The van der Waals surface area contributed by atoms with Crippen molar-refractivity contribution in [1.29, 1.82) is 0 Å². The highest BCUT2D eigenvalue weighted by molar-refractivity contribution is 6.02. The fourth-order valence-electron chi connectivity index (χ4n) is 4.34. The van der Waals surface area contributed by atoms with Crippen molar-refractivity contribution < 1.29 is 9.13 Å². The lowest BCUT2D eigenvalue weighted by Gasteiger charge is -2.13. The number of rotatable bonds is 5. The molecule has 9 heteroatoms. The van der Waals surface area contributed by atoms with Crippen molar-refractivity contribution in [1.82, 2.24) is 24.7 Å². The molecule has 0 amide bonds. The molecule has 0 atom stereocenters. The van der Waals surface area contributed by atoms with Crippen LogP contribution in [0.5, 0.6) is 5.75 Å². The number of ether oxygens (including phenoxy) is 1. The number of fused-ring (bicyclic) bond motifs is 3. The number of anilines is 2. The molecule has 37 heavy (non-hydrogen) atoms. The number of aryl methyl sites for hydroxylation is 1. The van der Waals surface area contributed by atoms with E-state index in [0.29, 0.717) is 39.1 Å². The van der Waals surface area contributed by atoms with Gasteiger partial charge in [-0.05, 0) is 72.1 Å². The van der Waals surface area contributed by atoms with Gasteiger partial charge in [-0.3, -0.25) is 14.5 Å². The van der Waals surface area contributed by atoms with Gasteiger partial charge >= 0.3 is 0 Å². The SMILES string of the molecule is COc1ccc(Nc2ncc3c4n[nH]cc4c(=O)n(-c4cccc(-c5ccc(F)c(C)c5)c4)c3n2)cc1. The molecule has 0 saturated carbocycles. The molecule has 0 unspecified atom stereocenters. The van der Waals surface area contributed by atoms with E-state index >= 15 is 0 Å². The molecule has 0 aliphatic heterocycles. The number of aromatic amines is 1. The van der Waals surface area contributed by atoms with Gasteiger partial charge in [0.1, 0.15) is 17.1 Å². The lowest BCUT2D eigenvalue weighted by atomic mass is 10.0. The third-order valence-electron chi connectivity index (χ3n) is 6.25. The molecule has 6 aromatic rings. The number of hydrogen-bond donors (Lipinski definition) is 2. The second-order valence-electron chi connectivity index (χ2n) is 8.59. The maximum absolute atomic E-state index is 13.9. The van der Waals surface area contributed by atoms with Gasteiger partial charge in [-0.25, -0.2) is 9.37 Å². The first-order valence-corrected chi connectivity index (χ1v) is 11.5. The number of methoxy groups -OCH3 is 1. The fourth-order valence-corrected chi connectivity index (χ4v) is 4.34. The zero-order valence-electron chi connectivity index (χ0n) is 20.0. The van der Waals surface area contributed by atoms with Crippen LogP contribution in [0.1, 0.15) is 5.56 Å². The average Bonchev–Trinajstić information content (AvgIpc) is 3.42. The molecular weight excluding hydrogens is 471 g/mol. The molecule has 0 spiro atoms. The van der Waals surface area contributed by atoms with Crippen LogP contribution in [-0.4, -0.2) is 31.8 Å². The summed E-state index contributed by atoms with van der Waals surface area (Å²) in [6.07, 6.45) is 3.23. The Morgan fingerprint density at radius 2 is 1.81 bits per heavy atom. The maximum Gasteiger partial charge on any atom is 0.267 e. The van der Waals surface area contributed by atoms with Gasteiger partial charge < -0.3 is 10.1 Å². The quantitative estimate of drug-likeness (QED) is 0.329. The number of halogens is 1. The Labute approximate surface area is 210 Å². The summed E-state index contributed by atoms with van der Waals surface area (Å²) in [5.74, 6) is 0.795. The third-order valence-corrected chi connectivity index (χ3v) is 6.25. The van der Waals surface area contributed by atoms with Crippen LogP contribution in [0.25, 0.3) is 38.8 Å². The predicted octanol–water partition coefficient (Wildman–Crippen LogP) is 5.52. The van der Waals surface area contributed by atoms with E-state index < -0.39 is 0 Å². The summed E-state index contributed by atoms with van der Waals surface area (Å²) < 4.78 is 20.6. The van der Waals surface area contributed by atoms with E-state index in [2.05, 4.69) is 20.5 Å². The van der Waals surface area contributed by atoms with Crippen LogP contribution in [0.15, 0.2) is 83.9 Å². The van der Waals surface area contributed by atoms with Gasteiger partial charge in [0.25, 0.3) is 5.56 Å². The monoisotopic (exact) mass is 492 g/mol. The van der Waals surface area contributed by atoms with Crippen LogP contribution in [0, 0.1) is 12.7 Å². The highest BCUT2D eigenvalue weighted by atomic mass is 19.1. The normalized spacial score (nSPS) is 11.2. The molecule has 182 valence electrons. The molecule has 0 bridgehead atoms. The molecule has 2 N–H and O–H groups in total. The van der Waals surface area contributed by atoms with E-state index in [-0.39, 0.29) is 11.4 Å². The van der Waals surface area contributed by atoms with Crippen molar-refractivity contribution in [2.24, 2.45) is 0 Å². The van der Waals surface area contributed by atoms with E-state index in [1.807, 2.05) is 48.5 Å². The van der Waals surface area contributed by atoms with Crippen molar-refractivity contribution in [2.75, 3.05) is 12.4 Å². The lowest BCUT2D eigenvalue weighted by Crippen LogP contribution is -2.20. The number of hydrogen-bond acceptors (Lipinski definition) is 6. The molecule has 0 aliphatic rings. The minimum absolute atomic E-state index is 0.263. The Hall–Kier alpha value is -5.05. The number of H-pyrrole nitrogens is 1. The minimum Gasteiger partial charge on any atom is -0.497 e. The van der Waals surface area contributed by atoms with E-state index in [0.717, 1.165) is 22.6 Å². The van der Waals surface area contributed by atoms with E-state index in [1.165, 1.54) is 6.07 Å². The van der Waals surface area contributed by atoms with Crippen LogP contribution in [-0.2, 0) is 0 Å². The molecule has 8 nitrogen and oxygen atoms in total. The zero-order chi connectivity index (χ0) is 25.5. The van der Waals surface area contributed by atoms with Gasteiger partial charge in [0.05, 0.1) is 23.6 Å². The third kappa shape index (κ3) is 3.96. The summed E-state index contributed by atoms with van der Waals surface area (Å²) in [6, 6.07) is 19.8. The first-order chi connectivity index (χ1) is 18.0. The first kappa shape index (κ1) is 22.4. The van der Waals surface area contributed by atoms with Crippen molar-refractivity contribution in [3.8, 4) is 22.6 Å². The molecule has 3 heterocycles. The Balaban J connectivity index is 1.53. The molecule has 3 aromatic carbocycles. The van der Waals surface area contributed by atoms with Gasteiger partial charge in [-0.1, -0.05) is 18.2 Å². The van der Waals surface area contributed by atoms with Gasteiger partial charge in [0.2, 0.25) is 5.95 Å². The van der Waals surface area contributed by atoms with Crippen LogP contribution in [0.3, 0.4) is 0 Å². The predicted molar refractivity (Wildman–Crippen MR) is 141 cm³/mol. The Morgan fingerprint density at radius 1 is 1.00 bits per heavy atom. The molecule has 3 aromatic heterocycles. The molecule has 0 aliphatic carbocycles. The Morgan fingerprint density at radius 3 is 2.59 bits per heavy atom. The zero-order valence-corrected chi connectivity index (χ0v) is 20.0. The van der Waals surface area contributed by atoms with Gasteiger partial charge in [0, 0.05) is 18.1 Å². The smallest absolute Gasteiger partial charge is 0.267 e. The van der Waals surface area contributed by atoms with Gasteiger partial charge in [-0.15, -0.1) is 0 Å². The summed E-state index contributed by atoms with van der Waals surface area (Å²) in [7, 11) is 1.61. The summed E-state index contributed by atoms with van der Waals surface area (Å²) in [4.78, 5) is 22.8. The summed E-state index contributed by atoms with van der Waals surface area (Å²) in [5, 5.41) is 11.3. The minimum atomic E-state index is -0.266. The molecule has 6 rings (SSSR count). The Kier molecular flexibility index (Phi) is 5.37. The first-order valence-electron chi connectivity index (χ1n) is 11.5. The summed E-state index contributed by atoms with van der Waals surface area (Å²) in [6.45, 7) is 1.72. The highest BCUT2D eigenvalue weighted by Gasteiger charge is 2.17. The van der Waals surface area contributed by atoms with Crippen molar-refractivity contribution in [3.05, 3.63) is 101 Å². The number of pyridine rings is 1. The van der Waals surface area contributed by atoms with Crippen LogP contribution in [0.2, 0.25) is 0 Å². The molecule has 0 radical (unpaired) electrons. The lowest BCUT2D eigenvalue weighted by molar-refractivity contribution is 0.415. The largest absolute Gasteiger partial charge is 0.497 e. The fraction of sp³-hybridized carbons (Fsp3) is 0.0714. The second-order valence-corrected chi connectivity index (χ2v) is 8.59. The number of benzene rings is 3. The summed E-state index contributed by atoms with van der Waals surface area (Å²) in [5.41, 5.74) is 4.26. The van der Waals surface area contributed by atoms with Crippen LogP contribution in [0.4, 0.5) is 16.0 Å². The standard InChI is InChI=1S/C28H21FN6O2/c1-16-12-18(6-11-24(16)29)17-4-3-5-20(13-17)35-26-22(25-23(27(35)36)15-31-34-25)14-30-28(33-26)32-19-7-9-21(37-2)10-8-19/h3-15H,1-2H3,(H,31,34)(H,30,32,33). The molecular formula is C28H21FN6O2. The van der Waals surface area contributed by atoms with Crippen molar-refractivity contribution in [2.45, 2.75) is 6.92 Å².